The van der Waals surface area contributed by atoms with Crippen molar-refractivity contribution in [2.75, 3.05) is 13.2 Å². The van der Waals surface area contributed by atoms with Crippen LogP contribution in [0.25, 0.3) is 0 Å². The summed E-state index contributed by atoms with van der Waals surface area (Å²) in [5, 5.41) is 0. The first-order chi connectivity index (χ1) is 14.8. The van der Waals surface area contributed by atoms with E-state index in [-0.39, 0.29) is 84.5 Å². The molecular weight excluding hydrogens is 483 g/mol. The summed E-state index contributed by atoms with van der Waals surface area (Å²) in [6, 6.07) is 0. The van der Waals surface area contributed by atoms with Crippen LogP contribution in [0.1, 0.15) is 58.3 Å². The van der Waals surface area contributed by atoms with Crippen LogP contribution in [0, 0.1) is 59.7 Å². The Bertz CT molecular complexity index is 975. The molecule has 34 heavy (non-hydrogen) atoms. The third kappa shape index (κ3) is 28.8. The monoisotopic (exact) mass is 525 g/mol. The Morgan fingerprint density at radius 1 is 0.941 bits per heavy atom. The average molecular weight is 526 g/mol. The van der Waals surface area contributed by atoms with E-state index in [9.17, 15) is 23.9 Å². The van der Waals surface area contributed by atoms with E-state index in [1.54, 1.807) is 0 Å². The Balaban J connectivity index is -0.0000000682. The number of phosphoric ester groups is 1. The van der Waals surface area contributed by atoms with Gasteiger partial charge in [0.2, 0.25) is 0 Å². The first-order valence-electron chi connectivity index (χ1n) is 9.28. The Morgan fingerprint density at radius 3 is 2.06 bits per heavy atom. The first-order valence-corrected chi connectivity index (χ1v) is 10.7. The van der Waals surface area contributed by atoms with E-state index in [0.717, 1.165) is 25.7 Å². The summed E-state index contributed by atoms with van der Waals surface area (Å²) in [7, 11) is -5.29. The van der Waals surface area contributed by atoms with Gasteiger partial charge in [-0.3, -0.25) is 4.79 Å². The molecule has 3 N–H and O–H groups in total. The maximum Gasteiger partial charge on any atom is 1.00 e. The van der Waals surface area contributed by atoms with E-state index in [4.69, 9.17) is 15.9 Å². The summed E-state index contributed by atoms with van der Waals surface area (Å²) >= 11 is 0. The maximum atomic E-state index is 11.9. The first kappa shape index (κ1) is 40.0. The molecule has 0 aliphatic rings. The molecule has 9 nitrogen and oxygen atoms in total. The van der Waals surface area contributed by atoms with Gasteiger partial charge in [0.1, 0.15) is 6.61 Å². The van der Waals surface area contributed by atoms with Gasteiger partial charge in [-0.05, 0) is 53.8 Å². The van der Waals surface area contributed by atoms with Gasteiger partial charge in [-0.2, -0.15) is 0 Å². The van der Waals surface area contributed by atoms with Gasteiger partial charge in [-0.15, -0.1) is 6.42 Å². The van der Waals surface area contributed by atoms with Crippen LogP contribution in [-0.4, -0.2) is 31.3 Å². The Morgan fingerprint density at radius 2 is 1.50 bits per heavy atom. The molecule has 0 spiro atoms. The fourth-order valence-corrected chi connectivity index (χ4v) is 2.24. The van der Waals surface area contributed by atoms with Crippen LogP contribution in [0.15, 0.2) is 0 Å². The molecule has 1 atom stereocenters. The minimum atomic E-state index is -5.29. The van der Waals surface area contributed by atoms with Crippen molar-refractivity contribution in [3.63, 3.8) is 0 Å². The molecule has 0 aromatic heterocycles. The number of terminal acetylenes is 1. The fourth-order valence-electron chi connectivity index (χ4n) is 1.89. The van der Waals surface area contributed by atoms with Gasteiger partial charge < -0.3 is 34.5 Å². The number of ether oxygens (including phenoxy) is 2. The average Bonchev–Trinajstić information content (AvgIpc) is 2.71. The third-order valence-electron chi connectivity index (χ3n) is 3.21. The summed E-state index contributed by atoms with van der Waals surface area (Å²) in [4.78, 5) is 44.8. The van der Waals surface area contributed by atoms with Crippen LogP contribution in [0.3, 0.4) is 0 Å². The number of phosphoric acid groups is 1. The molecule has 0 unspecified atom stereocenters. The molecule has 0 aliphatic heterocycles. The Kier molecular flexibility index (Phi) is 31.1. The molecule has 0 amide bonds. The van der Waals surface area contributed by atoms with Crippen LogP contribution in [-0.2, 0) is 28.2 Å². The number of carbonyl (C=O) groups excluding carboxylic acids is 2. The zero-order valence-electron chi connectivity index (χ0n) is 19.7. The second kappa shape index (κ2) is 26.4. The summed E-state index contributed by atoms with van der Waals surface area (Å²) in [5.41, 5.74) is 0. The molecule has 0 saturated carbocycles. The molecule has 0 saturated heterocycles. The Hall–Kier alpha value is -1.19. The zero-order valence-corrected chi connectivity index (χ0v) is 24.6. The summed E-state index contributed by atoms with van der Waals surface area (Å²) in [5.74, 6) is 18.5. The van der Waals surface area contributed by atoms with E-state index >= 15 is 0 Å². The maximum absolute atomic E-state index is 11.9. The second-order valence-corrected chi connectivity index (χ2v) is 6.91. The molecule has 12 heteroatoms. The van der Waals surface area contributed by atoms with Crippen molar-refractivity contribution >= 4 is 19.8 Å². The SMILES string of the molecule is C#CC#CC#CC#CC#CC(=O)OC[C@H](COP(=O)([O-])[O-])OC(=O)CCCCCCC.N.[HH].[HH].[HH].[HH].[HH].[HH].[HH].[HH].[HH].[Na+].[Na+]. The van der Waals surface area contributed by atoms with Crippen LogP contribution >= 0.6 is 7.82 Å². The second-order valence-electron chi connectivity index (χ2n) is 5.76. The van der Waals surface area contributed by atoms with Gasteiger partial charge in [-0.25, -0.2) is 4.79 Å². The predicted octanol–water partition coefficient (Wildman–Crippen LogP) is -3.32. The van der Waals surface area contributed by atoms with Crippen LogP contribution < -0.4 is 75.1 Å². The number of esters is 2. The van der Waals surface area contributed by atoms with Crippen molar-refractivity contribution in [2.24, 2.45) is 0 Å². The van der Waals surface area contributed by atoms with E-state index in [1.165, 1.54) is 0 Å². The van der Waals surface area contributed by atoms with Crippen molar-refractivity contribution in [1.82, 2.24) is 6.15 Å². The van der Waals surface area contributed by atoms with Gasteiger partial charge in [0, 0.05) is 25.2 Å². The number of carbonyl (C=O) groups is 2. The number of unbranched alkanes of at least 4 members (excludes halogenated alkanes) is 4. The van der Waals surface area contributed by atoms with Crippen molar-refractivity contribution in [1.29, 1.82) is 0 Å². The smallest absolute Gasteiger partial charge is 0.790 e. The van der Waals surface area contributed by atoms with Gasteiger partial charge in [0.25, 0.3) is 0 Å². The topological polar surface area (TPSA) is 160 Å². The molecule has 0 aromatic carbocycles. The van der Waals surface area contributed by atoms with Crippen LogP contribution in [0.2, 0.25) is 0 Å². The van der Waals surface area contributed by atoms with E-state index < -0.39 is 39.1 Å². The van der Waals surface area contributed by atoms with Crippen LogP contribution in [0.4, 0.5) is 0 Å². The van der Waals surface area contributed by atoms with Crippen molar-refractivity contribution in [3.8, 4) is 59.7 Å². The molecule has 0 aromatic rings. The van der Waals surface area contributed by atoms with E-state index in [1.807, 2.05) is 5.92 Å². The van der Waals surface area contributed by atoms with Gasteiger partial charge in [0.05, 0.1) is 14.4 Å². The summed E-state index contributed by atoms with van der Waals surface area (Å²) in [6.07, 6.45) is 8.24. The fraction of sp³-hybridized carbons (Fsp3) is 0.455. The molecule has 0 radical (unpaired) electrons. The number of hydrogen-bond donors (Lipinski definition) is 1. The molecule has 0 bridgehead atoms. The molecule has 0 heterocycles. The van der Waals surface area contributed by atoms with Crippen molar-refractivity contribution in [3.05, 3.63) is 0 Å². The largest absolute Gasteiger partial charge is 1.00 e. The molecule has 0 aliphatic carbocycles. The zero-order chi connectivity index (χ0) is 23.4. The third-order valence-corrected chi connectivity index (χ3v) is 3.68. The molecule has 190 valence electrons. The minimum absolute atomic E-state index is 0. The minimum Gasteiger partial charge on any atom is -0.790 e. The van der Waals surface area contributed by atoms with Crippen molar-refractivity contribution in [2.45, 2.75) is 51.6 Å². The van der Waals surface area contributed by atoms with E-state index in [0.29, 0.717) is 6.42 Å². The van der Waals surface area contributed by atoms with Gasteiger partial charge in [0.15, 0.2) is 6.10 Å². The van der Waals surface area contributed by atoms with Crippen molar-refractivity contribution < 1.29 is 110 Å². The Labute approximate surface area is 259 Å². The summed E-state index contributed by atoms with van der Waals surface area (Å²) < 4.78 is 24.6. The number of hydrogen-bond acceptors (Lipinski definition) is 9. The number of rotatable bonds is 12. The van der Waals surface area contributed by atoms with Gasteiger partial charge in [-0.1, -0.05) is 32.6 Å². The van der Waals surface area contributed by atoms with Gasteiger partial charge >= 0.3 is 71.1 Å². The molecular formula is C22H42NNa2O8P. The molecule has 0 fully saturated rings. The summed E-state index contributed by atoms with van der Waals surface area (Å²) in [6.45, 7) is 0.735. The standard InChI is InChI=1S/C22H23O8P.H3N.2Na.9H2/c1-3-5-7-9-10-11-13-14-16-21(23)28-18-20(19-29-31(25,26)27)30-22(24)17-15-12-8-6-4-2;;;;;;;;;;;;/h1,20H,4,6,8,12,15,17-19H2,2H3,(H2,25,26,27);1H3;;;9*1H/q;;2*+1;;;;;;;;;/p-2/t20-;;;;;;;;;;;;/m1............/s1. The van der Waals surface area contributed by atoms with E-state index in [2.05, 4.69) is 58.8 Å². The van der Waals surface area contributed by atoms with Crippen LogP contribution in [0.5, 0.6) is 0 Å². The quantitative estimate of drug-likeness (QED) is 0.0687. The predicted molar refractivity (Wildman–Crippen MR) is 132 cm³/mol. The molecule has 0 rings (SSSR count). The normalized spacial score (nSPS) is 9.24.